The number of anilines is 1. The number of hydrogen-bond acceptors (Lipinski definition) is 5. The smallest absolute Gasteiger partial charge is 0.240 e. The highest BCUT2D eigenvalue weighted by Gasteiger charge is 2.08. The van der Waals surface area contributed by atoms with Gasteiger partial charge in [-0.2, -0.15) is 4.98 Å². The lowest BCUT2D eigenvalue weighted by atomic mass is 10.3. The minimum atomic E-state index is -0.367. The van der Waals surface area contributed by atoms with Gasteiger partial charge in [-0.3, -0.25) is 5.43 Å². The van der Waals surface area contributed by atoms with Crippen LogP contribution in [0.1, 0.15) is 0 Å². The van der Waals surface area contributed by atoms with Crippen molar-refractivity contribution in [3.05, 3.63) is 39.2 Å². The summed E-state index contributed by atoms with van der Waals surface area (Å²) in [5.74, 6) is 5.76. The summed E-state index contributed by atoms with van der Waals surface area (Å²) in [6.07, 6.45) is 1.50. The standard InChI is InChI=1S/C10H7Br2FN4O/c11-6-3-5(1-2-8(6)13)18-9-7(12)4-15-10(16-9)17-14/h1-4H,14H2,(H,15,16,17). The van der Waals surface area contributed by atoms with Gasteiger partial charge in [-0.1, -0.05) is 0 Å². The molecular formula is C10H7Br2FN4O. The Hall–Kier alpha value is -1.25. The first-order chi connectivity index (χ1) is 8.60. The number of nitrogens with zero attached hydrogens (tertiary/aromatic N) is 2. The molecule has 8 heteroatoms. The van der Waals surface area contributed by atoms with Crippen molar-refractivity contribution in [3.63, 3.8) is 0 Å². The van der Waals surface area contributed by atoms with Crippen molar-refractivity contribution < 1.29 is 9.13 Å². The summed E-state index contributed by atoms with van der Waals surface area (Å²) in [4.78, 5) is 7.90. The minimum Gasteiger partial charge on any atom is -0.438 e. The molecule has 2 aromatic rings. The van der Waals surface area contributed by atoms with Crippen LogP contribution in [0.5, 0.6) is 11.6 Å². The maximum atomic E-state index is 13.1. The van der Waals surface area contributed by atoms with Gasteiger partial charge in [0.2, 0.25) is 11.8 Å². The average molecular weight is 378 g/mol. The summed E-state index contributed by atoms with van der Waals surface area (Å²) in [7, 11) is 0. The second-order valence-corrected chi connectivity index (χ2v) is 4.88. The van der Waals surface area contributed by atoms with Gasteiger partial charge < -0.3 is 4.74 Å². The number of nitrogen functional groups attached to an aromatic ring is 1. The summed E-state index contributed by atoms with van der Waals surface area (Å²) in [5.41, 5.74) is 2.31. The topological polar surface area (TPSA) is 73.1 Å². The lowest BCUT2D eigenvalue weighted by molar-refractivity contribution is 0.456. The number of ether oxygens (including phenoxy) is 1. The number of hydrogen-bond donors (Lipinski definition) is 2. The quantitative estimate of drug-likeness (QED) is 0.634. The van der Waals surface area contributed by atoms with Gasteiger partial charge in [0, 0.05) is 0 Å². The summed E-state index contributed by atoms with van der Waals surface area (Å²) in [5, 5.41) is 0. The Morgan fingerprint density at radius 2 is 2.06 bits per heavy atom. The number of halogens is 3. The average Bonchev–Trinajstić information content (AvgIpc) is 2.36. The highest BCUT2D eigenvalue weighted by Crippen LogP contribution is 2.30. The van der Waals surface area contributed by atoms with Crippen molar-refractivity contribution in [2.24, 2.45) is 5.84 Å². The van der Waals surface area contributed by atoms with Gasteiger partial charge in [0.1, 0.15) is 11.6 Å². The minimum absolute atomic E-state index is 0.217. The molecule has 0 atom stereocenters. The highest BCUT2D eigenvalue weighted by molar-refractivity contribution is 9.10. The van der Waals surface area contributed by atoms with E-state index in [2.05, 4.69) is 47.3 Å². The summed E-state index contributed by atoms with van der Waals surface area (Å²) < 4.78 is 19.4. The van der Waals surface area contributed by atoms with Crippen molar-refractivity contribution >= 4 is 37.8 Å². The van der Waals surface area contributed by atoms with Gasteiger partial charge >= 0.3 is 0 Å². The van der Waals surface area contributed by atoms with Crippen molar-refractivity contribution in [2.75, 3.05) is 5.43 Å². The summed E-state index contributed by atoms with van der Waals surface area (Å²) in [6.45, 7) is 0. The third kappa shape index (κ3) is 2.95. The number of nitrogens with two attached hydrogens (primary N) is 1. The lowest BCUT2D eigenvalue weighted by Gasteiger charge is -2.08. The lowest BCUT2D eigenvalue weighted by Crippen LogP contribution is -2.10. The first kappa shape index (κ1) is 13.2. The Kier molecular flexibility index (Phi) is 4.10. The number of benzene rings is 1. The van der Waals surface area contributed by atoms with Gasteiger partial charge in [-0.25, -0.2) is 15.2 Å². The van der Waals surface area contributed by atoms with Crippen LogP contribution in [0.2, 0.25) is 0 Å². The van der Waals surface area contributed by atoms with Crippen LogP contribution in [0.3, 0.4) is 0 Å². The molecule has 3 N–H and O–H groups in total. The SMILES string of the molecule is NNc1ncc(Br)c(Oc2ccc(F)c(Br)c2)n1. The zero-order chi connectivity index (χ0) is 13.1. The Balaban J connectivity index is 2.30. The van der Waals surface area contributed by atoms with E-state index in [0.717, 1.165) is 0 Å². The number of aromatic nitrogens is 2. The van der Waals surface area contributed by atoms with Crippen LogP contribution >= 0.6 is 31.9 Å². The van der Waals surface area contributed by atoms with Crippen molar-refractivity contribution in [2.45, 2.75) is 0 Å². The summed E-state index contributed by atoms with van der Waals surface area (Å²) >= 11 is 6.32. The molecule has 0 bridgehead atoms. The van der Waals surface area contributed by atoms with E-state index in [9.17, 15) is 4.39 Å². The number of hydrazine groups is 1. The van der Waals surface area contributed by atoms with Crippen molar-refractivity contribution in [1.29, 1.82) is 0 Å². The molecule has 94 valence electrons. The maximum absolute atomic E-state index is 13.1. The predicted octanol–water partition coefficient (Wildman–Crippen LogP) is 3.22. The fourth-order valence-electron chi connectivity index (χ4n) is 1.14. The highest BCUT2D eigenvalue weighted by atomic mass is 79.9. The molecule has 0 aliphatic carbocycles. The number of nitrogens with one attached hydrogen (secondary N) is 1. The van der Waals surface area contributed by atoms with E-state index in [1.807, 2.05) is 0 Å². The van der Waals surface area contributed by atoms with Crippen molar-refractivity contribution in [3.8, 4) is 11.6 Å². The van der Waals surface area contributed by atoms with Crippen LogP contribution in [-0.2, 0) is 0 Å². The second kappa shape index (κ2) is 5.59. The third-order valence-electron chi connectivity index (χ3n) is 1.95. The zero-order valence-electron chi connectivity index (χ0n) is 8.82. The molecule has 0 aliphatic heterocycles. The third-order valence-corrected chi connectivity index (χ3v) is 3.10. The zero-order valence-corrected chi connectivity index (χ0v) is 12.0. The van der Waals surface area contributed by atoms with Gasteiger partial charge in [0.05, 0.1) is 15.1 Å². The van der Waals surface area contributed by atoms with Gasteiger partial charge in [-0.05, 0) is 50.1 Å². The van der Waals surface area contributed by atoms with Crippen LogP contribution in [-0.4, -0.2) is 9.97 Å². The molecule has 0 saturated carbocycles. The first-order valence-electron chi connectivity index (χ1n) is 4.72. The molecule has 0 aliphatic rings. The molecule has 0 fully saturated rings. The fraction of sp³-hybridized carbons (Fsp3) is 0. The van der Waals surface area contributed by atoms with E-state index in [0.29, 0.717) is 14.7 Å². The molecule has 5 nitrogen and oxygen atoms in total. The van der Waals surface area contributed by atoms with Crippen LogP contribution in [0, 0.1) is 5.82 Å². The Bertz CT molecular complexity index is 582. The normalized spacial score (nSPS) is 10.2. The molecule has 0 spiro atoms. The van der Waals surface area contributed by atoms with Crippen LogP contribution in [0.4, 0.5) is 10.3 Å². The largest absolute Gasteiger partial charge is 0.438 e. The van der Waals surface area contributed by atoms with E-state index in [1.165, 1.54) is 24.4 Å². The van der Waals surface area contributed by atoms with Gasteiger partial charge in [-0.15, -0.1) is 0 Å². The van der Waals surface area contributed by atoms with Crippen LogP contribution < -0.4 is 16.0 Å². The van der Waals surface area contributed by atoms with E-state index in [4.69, 9.17) is 10.6 Å². The second-order valence-electron chi connectivity index (χ2n) is 3.17. The molecule has 1 heterocycles. The van der Waals surface area contributed by atoms with Gasteiger partial charge in [0.25, 0.3) is 0 Å². The van der Waals surface area contributed by atoms with Crippen molar-refractivity contribution in [1.82, 2.24) is 9.97 Å². The van der Waals surface area contributed by atoms with Crippen LogP contribution in [0.25, 0.3) is 0 Å². The van der Waals surface area contributed by atoms with E-state index in [-0.39, 0.29) is 17.6 Å². The fourth-order valence-corrected chi connectivity index (χ4v) is 1.77. The van der Waals surface area contributed by atoms with E-state index < -0.39 is 0 Å². The molecule has 0 unspecified atom stereocenters. The molecule has 0 radical (unpaired) electrons. The molecule has 1 aromatic carbocycles. The van der Waals surface area contributed by atoms with E-state index >= 15 is 0 Å². The Labute approximate surface area is 119 Å². The first-order valence-corrected chi connectivity index (χ1v) is 6.31. The molecular weight excluding hydrogens is 371 g/mol. The Morgan fingerprint density at radius 3 is 2.72 bits per heavy atom. The Morgan fingerprint density at radius 1 is 1.28 bits per heavy atom. The van der Waals surface area contributed by atoms with E-state index in [1.54, 1.807) is 0 Å². The monoisotopic (exact) mass is 376 g/mol. The molecule has 0 saturated heterocycles. The molecule has 18 heavy (non-hydrogen) atoms. The summed E-state index contributed by atoms with van der Waals surface area (Å²) in [6, 6.07) is 4.28. The molecule has 0 amide bonds. The van der Waals surface area contributed by atoms with Crippen LogP contribution in [0.15, 0.2) is 33.3 Å². The maximum Gasteiger partial charge on any atom is 0.240 e. The van der Waals surface area contributed by atoms with Gasteiger partial charge in [0.15, 0.2) is 0 Å². The number of rotatable bonds is 3. The predicted molar refractivity (Wildman–Crippen MR) is 71.7 cm³/mol. The molecule has 1 aromatic heterocycles. The molecule has 2 rings (SSSR count).